The fourth-order valence-electron chi connectivity index (χ4n) is 2.03. The lowest BCUT2D eigenvalue weighted by atomic mass is 10.3. The number of hydrogen-bond acceptors (Lipinski definition) is 5. The minimum Gasteiger partial charge on any atom is -0.274 e. The number of fused-ring (bicyclic) bond motifs is 1. The molecule has 11 heteroatoms. The van der Waals surface area contributed by atoms with Crippen LogP contribution < -0.4 is 4.72 Å². The molecule has 0 aliphatic carbocycles. The van der Waals surface area contributed by atoms with E-state index in [1.165, 1.54) is 16.6 Å². The Kier molecular flexibility index (Phi) is 4.33. The summed E-state index contributed by atoms with van der Waals surface area (Å²) in [5.41, 5.74) is 1.11. The van der Waals surface area contributed by atoms with Crippen LogP contribution in [0, 0.1) is 13.8 Å². The van der Waals surface area contributed by atoms with Crippen molar-refractivity contribution in [3.63, 3.8) is 0 Å². The van der Waals surface area contributed by atoms with Crippen molar-refractivity contribution in [2.24, 2.45) is 0 Å². The number of para-hydroxylation sites is 1. The maximum atomic E-state index is 12.5. The molecule has 126 valence electrons. The summed E-state index contributed by atoms with van der Waals surface area (Å²) >= 11 is 18.1. The number of sulfonamides is 1. The Morgan fingerprint density at radius 1 is 1.08 bits per heavy atom. The molecule has 3 aromatic rings. The zero-order valence-electron chi connectivity index (χ0n) is 12.4. The number of nitrogens with one attached hydrogen (secondary N) is 1. The van der Waals surface area contributed by atoms with Crippen LogP contribution in [-0.4, -0.2) is 28.0 Å². The van der Waals surface area contributed by atoms with Gasteiger partial charge in [0.15, 0.2) is 0 Å². The Bertz CT molecular complexity index is 1040. The van der Waals surface area contributed by atoms with Crippen LogP contribution >= 0.6 is 34.8 Å². The Hall–Kier alpha value is -1.61. The summed E-state index contributed by atoms with van der Waals surface area (Å²) in [5, 5.41) is 4.20. The maximum absolute atomic E-state index is 12.5. The summed E-state index contributed by atoms with van der Waals surface area (Å²) in [6.45, 7) is 3.38. The zero-order chi connectivity index (χ0) is 17.6. The van der Waals surface area contributed by atoms with Gasteiger partial charge in [-0.25, -0.2) is 4.98 Å². The van der Waals surface area contributed by atoms with Crippen LogP contribution in [0.2, 0.25) is 15.1 Å². The molecule has 7 nitrogen and oxygen atoms in total. The smallest absolute Gasteiger partial charge is 0.274 e. The third kappa shape index (κ3) is 2.90. The van der Waals surface area contributed by atoms with Crippen LogP contribution in [-0.2, 0) is 10.0 Å². The van der Waals surface area contributed by atoms with Gasteiger partial charge < -0.3 is 0 Å². The summed E-state index contributed by atoms with van der Waals surface area (Å²) in [6, 6.07) is 4.62. The van der Waals surface area contributed by atoms with E-state index in [9.17, 15) is 8.42 Å². The van der Waals surface area contributed by atoms with Gasteiger partial charge in [-0.2, -0.15) is 17.9 Å². The van der Waals surface area contributed by atoms with Gasteiger partial charge in [0.1, 0.15) is 0 Å². The number of nitrogens with zero attached hydrogens (tertiary/aromatic N) is 4. The average molecular weight is 407 g/mol. The molecule has 3 rings (SSSR count). The van der Waals surface area contributed by atoms with Crippen LogP contribution in [0.15, 0.2) is 23.4 Å². The number of rotatable bonds is 3. The van der Waals surface area contributed by atoms with Crippen molar-refractivity contribution in [1.29, 1.82) is 0 Å². The monoisotopic (exact) mass is 405 g/mol. The van der Waals surface area contributed by atoms with E-state index in [0.29, 0.717) is 16.4 Å². The van der Waals surface area contributed by atoms with Crippen molar-refractivity contribution >= 4 is 56.3 Å². The predicted octanol–water partition coefficient (Wildman–Crippen LogP) is 3.50. The highest BCUT2D eigenvalue weighted by atomic mass is 35.5. The molecule has 1 aromatic carbocycles. The van der Waals surface area contributed by atoms with Crippen molar-refractivity contribution < 1.29 is 8.42 Å². The molecular formula is C13H10Cl3N5O2S. The fraction of sp³-hybridized carbons (Fsp3) is 0.154. The topological polar surface area (TPSA) is 89.2 Å². The number of aromatic nitrogens is 4. The molecule has 2 aromatic heterocycles. The van der Waals surface area contributed by atoms with E-state index in [1.807, 2.05) is 0 Å². The van der Waals surface area contributed by atoms with Crippen LogP contribution in [0.5, 0.6) is 0 Å². The van der Waals surface area contributed by atoms with Crippen LogP contribution in [0.1, 0.15) is 11.4 Å². The fourth-order valence-corrected chi connectivity index (χ4v) is 3.72. The molecule has 0 saturated heterocycles. The molecule has 0 aliphatic rings. The molecule has 0 spiro atoms. The molecule has 0 aliphatic heterocycles. The molecule has 0 atom stereocenters. The van der Waals surface area contributed by atoms with Crippen molar-refractivity contribution in [3.8, 4) is 0 Å². The van der Waals surface area contributed by atoms with E-state index in [4.69, 9.17) is 34.8 Å². The van der Waals surface area contributed by atoms with Crippen LogP contribution in [0.25, 0.3) is 5.78 Å². The normalized spacial score (nSPS) is 11.9. The lowest BCUT2D eigenvalue weighted by Gasteiger charge is -2.08. The summed E-state index contributed by atoms with van der Waals surface area (Å²) in [4.78, 5) is 8.07. The van der Waals surface area contributed by atoms with Gasteiger partial charge in [0.2, 0.25) is 0 Å². The molecule has 0 fully saturated rings. The van der Waals surface area contributed by atoms with Crippen molar-refractivity contribution in [1.82, 2.24) is 19.6 Å². The predicted molar refractivity (Wildman–Crippen MR) is 92.5 cm³/mol. The van der Waals surface area contributed by atoms with Crippen LogP contribution in [0.3, 0.4) is 0 Å². The lowest BCUT2D eigenvalue weighted by Crippen LogP contribution is -2.15. The molecule has 0 bridgehead atoms. The third-order valence-corrected chi connectivity index (χ3v) is 5.53. The number of aryl methyl sites for hydroxylation is 2. The Morgan fingerprint density at radius 2 is 1.71 bits per heavy atom. The van der Waals surface area contributed by atoms with E-state index < -0.39 is 15.2 Å². The quantitative estimate of drug-likeness (QED) is 0.719. The zero-order valence-corrected chi connectivity index (χ0v) is 15.5. The first-order valence-electron chi connectivity index (χ1n) is 6.57. The SMILES string of the molecule is Cc1nc2nc(S(=O)(=O)Nc3c(Cl)cccc3Cl)nn2c(C)c1Cl. The maximum Gasteiger partial charge on any atom is 0.299 e. The first kappa shape index (κ1) is 17.2. The molecule has 24 heavy (non-hydrogen) atoms. The standard InChI is InChI=1S/C13H10Cl3N5O2S/c1-6-10(16)7(2)21-12(17-6)18-13(19-21)24(22,23)20-11-8(14)4-3-5-9(11)15/h3-5,20H,1-2H3. The summed E-state index contributed by atoms with van der Waals surface area (Å²) < 4.78 is 28.6. The van der Waals surface area contributed by atoms with Crippen molar-refractivity contribution in [2.45, 2.75) is 19.0 Å². The summed E-state index contributed by atoms with van der Waals surface area (Å²) in [7, 11) is -4.11. The van der Waals surface area contributed by atoms with Gasteiger partial charge in [-0.15, -0.1) is 5.10 Å². The van der Waals surface area contributed by atoms with E-state index >= 15 is 0 Å². The average Bonchev–Trinajstić information content (AvgIpc) is 2.94. The first-order valence-corrected chi connectivity index (χ1v) is 9.18. The summed E-state index contributed by atoms with van der Waals surface area (Å²) in [5.74, 6) is 0.125. The van der Waals surface area contributed by atoms with E-state index in [0.717, 1.165) is 0 Å². The van der Waals surface area contributed by atoms with Crippen molar-refractivity contribution in [2.75, 3.05) is 4.72 Å². The van der Waals surface area contributed by atoms with Gasteiger partial charge in [0.05, 0.1) is 32.1 Å². The molecule has 0 radical (unpaired) electrons. The number of benzene rings is 1. The highest BCUT2D eigenvalue weighted by Gasteiger charge is 2.24. The highest BCUT2D eigenvalue weighted by molar-refractivity contribution is 7.92. The second kappa shape index (κ2) is 6.03. The van der Waals surface area contributed by atoms with E-state index in [1.54, 1.807) is 19.9 Å². The molecule has 2 heterocycles. The molecule has 1 N–H and O–H groups in total. The largest absolute Gasteiger partial charge is 0.299 e. The van der Waals surface area contributed by atoms with E-state index in [2.05, 4.69) is 19.8 Å². The summed E-state index contributed by atoms with van der Waals surface area (Å²) in [6.07, 6.45) is 0. The van der Waals surface area contributed by atoms with E-state index in [-0.39, 0.29) is 21.5 Å². The van der Waals surface area contributed by atoms with Crippen LogP contribution in [0.4, 0.5) is 5.69 Å². The second-order valence-electron chi connectivity index (χ2n) is 4.90. The number of anilines is 1. The van der Waals surface area contributed by atoms with Gasteiger partial charge in [0, 0.05) is 0 Å². The minimum absolute atomic E-state index is 0.0542. The molecular weight excluding hydrogens is 397 g/mol. The van der Waals surface area contributed by atoms with Crippen molar-refractivity contribution in [3.05, 3.63) is 44.7 Å². The minimum atomic E-state index is -4.11. The number of halogens is 3. The lowest BCUT2D eigenvalue weighted by molar-refractivity contribution is 0.592. The Morgan fingerprint density at radius 3 is 2.33 bits per heavy atom. The van der Waals surface area contributed by atoms with Gasteiger partial charge in [0.25, 0.3) is 21.0 Å². The van der Waals surface area contributed by atoms with Gasteiger partial charge in [-0.1, -0.05) is 40.9 Å². The van der Waals surface area contributed by atoms with Gasteiger partial charge in [-0.3, -0.25) is 4.72 Å². The van der Waals surface area contributed by atoms with Gasteiger partial charge in [-0.05, 0) is 26.0 Å². The first-order chi connectivity index (χ1) is 11.2. The Labute approximate surface area is 152 Å². The molecule has 0 unspecified atom stereocenters. The molecule has 0 saturated carbocycles. The highest BCUT2D eigenvalue weighted by Crippen LogP contribution is 2.31. The number of hydrogen-bond donors (Lipinski definition) is 1. The Balaban J connectivity index is 2.11. The molecule has 0 amide bonds. The third-order valence-electron chi connectivity index (χ3n) is 3.23. The van der Waals surface area contributed by atoms with Gasteiger partial charge >= 0.3 is 0 Å². The second-order valence-corrected chi connectivity index (χ2v) is 7.67.